The Labute approximate surface area is 110 Å². The average Bonchev–Trinajstić information content (AvgIpc) is 2.73. The Kier molecular flexibility index (Phi) is 2.44. The summed E-state index contributed by atoms with van der Waals surface area (Å²) >= 11 is 3.42. The maximum Gasteiger partial charge on any atom is 0.231 e. The fourth-order valence-corrected chi connectivity index (χ4v) is 2.12. The molecule has 0 saturated carbocycles. The van der Waals surface area contributed by atoms with Crippen LogP contribution in [0.2, 0.25) is 0 Å². The van der Waals surface area contributed by atoms with Crippen molar-refractivity contribution in [3.63, 3.8) is 0 Å². The molecule has 2 aromatic rings. The lowest BCUT2D eigenvalue weighted by Gasteiger charge is -2.06. The number of hydrogen-bond acceptors (Lipinski definition) is 7. The van der Waals surface area contributed by atoms with Crippen LogP contribution < -0.4 is 20.9 Å². The van der Waals surface area contributed by atoms with Gasteiger partial charge in [-0.15, -0.1) is 0 Å². The molecule has 0 amide bonds. The highest BCUT2D eigenvalue weighted by molar-refractivity contribution is 9.10. The molecule has 0 radical (unpaired) electrons. The molecule has 0 fully saturated rings. The predicted octanol–water partition coefficient (Wildman–Crippen LogP) is 1.19. The van der Waals surface area contributed by atoms with Crippen LogP contribution in [-0.4, -0.2) is 21.7 Å². The van der Waals surface area contributed by atoms with E-state index in [1.165, 1.54) is 0 Å². The molecule has 92 valence electrons. The van der Waals surface area contributed by atoms with E-state index in [2.05, 4.69) is 30.9 Å². The second-order valence-electron chi connectivity index (χ2n) is 3.56. The summed E-state index contributed by atoms with van der Waals surface area (Å²) in [6, 6.07) is 3.55. The summed E-state index contributed by atoms with van der Waals surface area (Å²) in [5.41, 5.74) is 11.8. The zero-order chi connectivity index (χ0) is 12.7. The minimum atomic E-state index is 0.0714. The third-order valence-electron chi connectivity index (χ3n) is 2.37. The van der Waals surface area contributed by atoms with Gasteiger partial charge in [-0.1, -0.05) is 0 Å². The molecule has 7 nitrogen and oxygen atoms in total. The van der Waals surface area contributed by atoms with E-state index in [9.17, 15) is 0 Å². The number of benzene rings is 1. The van der Waals surface area contributed by atoms with E-state index in [1.807, 2.05) is 0 Å². The smallest absolute Gasteiger partial charge is 0.231 e. The van der Waals surface area contributed by atoms with Gasteiger partial charge in [0, 0.05) is 10.0 Å². The van der Waals surface area contributed by atoms with Gasteiger partial charge in [-0.3, -0.25) is 0 Å². The minimum absolute atomic E-state index is 0.0714. The van der Waals surface area contributed by atoms with Crippen molar-refractivity contribution in [3.8, 4) is 22.9 Å². The number of aromatic nitrogens is 3. The summed E-state index contributed by atoms with van der Waals surface area (Å²) in [7, 11) is 0. The normalized spacial score (nSPS) is 12.7. The van der Waals surface area contributed by atoms with Gasteiger partial charge in [-0.25, -0.2) is 0 Å². The Balaban J connectivity index is 2.16. The summed E-state index contributed by atoms with van der Waals surface area (Å²) in [4.78, 5) is 11.8. The van der Waals surface area contributed by atoms with Crippen LogP contribution in [0.3, 0.4) is 0 Å². The Hall–Kier alpha value is -2.09. The number of halogens is 1. The molecular formula is C10H8BrN5O2. The quantitative estimate of drug-likeness (QED) is 0.814. The van der Waals surface area contributed by atoms with Crippen LogP contribution in [0.1, 0.15) is 0 Å². The second kappa shape index (κ2) is 3.98. The van der Waals surface area contributed by atoms with Crippen molar-refractivity contribution in [3.05, 3.63) is 16.6 Å². The van der Waals surface area contributed by atoms with Crippen LogP contribution in [-0.2, 0) is 0 Å². The van der Waals surface area contributed by atoms with E-state index in [0.29, 0.717) is 22.9 Å². The van der Waals surface area contributed by atoms with Crippen LogP contribution in [0.4, 0.5) is 11.9 Å². The van der Waals surface area contributed by atoms with Gasteiger partial charge < -0.3 is 20.9 Å². The number of anilines is 2. The van der Waals surface area contributed by atoms with Crippen molar-refractivity contribution in [1.29, 1.82) is 0 Å². The highest BCUT2D eigenvalue weighted by atomic mass is 79.9. The van der Waals surface area contributed by atoms with Gasteiger partial charge in [0.05, 0.1) is 0 Å². The van der Waals surface area contributed by atoms with E-state index < -0.39 is 0 Å². The lowest BCUT2D eigenvalue weighted by molar-refractivity contribution is 0.174. The molecule has 2 heterocycles. The lowest BCUT2D eigenvalue weighted by Crippen LogP contribution is -2.04. The third-order valence-corrected chi connectivity index (χ3v) is 3.03. The maximum atomic E-state index is 5.55. The fraction of sp³-hybridized carbons (Fsp3) is 0.100. The summed E-state index contributed by atoms with van der Waals surface area (Å²) in [5.74, 6) is 1.82. The topological polar surface area (TPSA) is 109 Å². The number of hydrogen-bond donors (Lipinski definition) is 2. The van der Waals surface area contributed by atoms with Crippen LogP contribution in [0, 0.1) is 0 Å². The maximum absolute atomic E-state index is 5.55. The molecule has 0 atom stereocenters. The molecule has 3 rings (SSSR count). The molecule has 1 aromatic heterocycles. The van der Waals surface area contributed by atoms with Crippen molar-refractivity contribution < 1.29 is 9.47 Å². The van der Waals surface area contributed by atoms with Gasteiger partial charge in [-0.2, -0.15) is 15.0 Å². The summed E-state index contributed by atoms with van der Waals surface area (Å²) in [5, 5.41) is 0. The van der Waals surface area contributed by atoms with Gasteiger partial charge in [0.15, 0.2) is 17.3 Å². The lowest BCUT2D eigenvalue weighted by atomic mass is 10.2. The highest BCUT2D eigenvalue weighted by Crippen LogP contribution is 2.40. The Morgan fingerprint density at radius 2 is 1.61 bits per heavy atom. The van der Waals surface area contributed by atoms with E-state index >= 15 is 0 Å². The van der Waals surface area contributed by atoms with E-state index in [0.717, 1.165) is 4.47 Å². The third kappa shape index (κ3) is 1.80. The highest BCUT2D eigenvalue weighted by Gasteiger charge is 2.18. The number of nitrogens with zero attached hydrogens (tertiary/aromatic N) is 3. The molecule has 0 spiro atoms. The Morgan fingerprint density at radius 3 is 2.28 bits per heavy atom. The fourth-order valence-electron chi connectivity index (χ4n) is 1.62. The second-order valence-corrected chi connectivity index (χ2v) is 4.42. The molecular weight excluding hydrogens is 302 g/mol. The van der Waals surface area contributed by atoms with Crippen molar-refractivity contribution >= 4 is 27.8 Å². The van der Waals surface area contributed by atoms with Gasteiger partial charge in [0.2, 0.25) is 18.7 Å². The molecule has 1 aliphatic rings. The number of ether oxygens (including phenoxy) is 2. The molecule has 0 aliphatic carbocycles. The zero-order valence-electron chi connectivity index (χ0n) is 9.05. The molecule has 0 unspecified atom stereocenters. The SMILES string of the molecule is Nc1nc(N)nc(-c2cc3c(cc2Br)OCO3)n1. The monoisotopic (exact) mass is 309 g/mol. The molecule has 0 saturated heterocycles. The minimum Gasteiger partial charge on any atom is -0.454 e. The summed E-state index contributed by atoms with van der Waals surface area (Å²) < 4.78 is 11.3. The van der Waals surface area contributed by atoms with Crippen LogP contribution in [0.5, 0.6) is 11.5 Å². The number of fused-ring (bicyclic) bond motifs is 1. The van der Waals surface area contributed by atoms with E-state index in [4.69, 9.17) is 20.9 Å². The first-order valence-electron chi connectivity index (χ1n) is 5.00. The van der Waals surface area contributed by atoms with E-state index in [-0.39, 0.29) is 18.7 Å². The van der Waals surface area contributed by atoms with Gasteiger partial charge in [-0.05, 0) is 28.1 Å². The largest absolute Gasteiger partial charge is 0.454 e. The molecule has 1 aromatic carbocycles. The zero-order valence-corrected chi connectivity index (χ0v) is 10.6. The molecule has 0 bridgehead atoms. The van der Waals surface area contributed by atoms with Crippen LogP contribution in [0.15, 0.2) is 16.6 Å². The molecule has 18 heavy (non-hydrogen) atoms. The van der Waals surface area contributed by atoms with Crippen molar-refractivity contribution in [2.24, 2.45) is 0 Å². The molecule has 1 aliphatic heterocycles. The summed E-state index contributed by atoms with van der Waals surface area (Å²) in [6.07, 6.45) is 0. The van der Waals surface area contributed by atoms with Gasteiger partial charge in [0.1, 0.15) is 0 Å². The summed E-state index contributed by atoms with van der Waals surface area (Å²) in [6.45, 7) is 0.201. The molecule has 8 heteroatoms. The first-order chi connectivity index (χ1) is 8.63. The Morgan fingerprint density at radius 1 is 1.00 bits per heavy atom. The first-order valence-corrected chi connectivity index (χ1v) is 5.79. The standard InChI is InChI=1S/C10H8BrN5O2/c11-5-2-7-6(17-3-18-7)1-4(5)8-14-9(12)16-10(13)15-8/h1-2H,3H2,(H4,12,13,14,15,16). The average molecular weight is 310 g/mol. The molecule has 4 N–H and O–H groups in total. The predicted molar refractivity (Wildman–Crippen MR) is 67.9 cm³/mol. The van der Waals surface area contributed by atoms with Crippen molar-refractivity contribution in [2.45, 2.75) is 0 Å². The first kappa shape index (κ1) is 11.0. The van der Waals surface area contributed by atoms with Crippen molar-refractivity contribution in [1.82, 2.24) is 15.0 Å². The Bertz CT molecular complexity index is 614. The van der Waals surface area contributed by atoms with Crippen LogP contribution in [0.25, 0.3) is 11.4 Å². The van der Waals surface area contributed by atoms with Gasteiger partial charge >= 0.3 is 0 Å². The number of nitrogens with two attached hydrogens (primary N) is 2. The van der Waals surface area contributed by atoms with Gasteiger partial charge in [0.25, 0.3) is 0 Å². The van der Waals surface area contributed by atoms with Crippen LogP contribution >= 0.6 is 15.9 Å². The number of rotatable bonds is 1. The van der Waals surface area contributed by atoms with Crippen molar-refractivity contribution in [2.75, 3.05) is 18.3 Å². The number of nitrogen functional groups attached to an aromatic ring is 2. The van der Waals surface area contributed by atoms with E-state index in [1.54, 1.807) is 12.1 Å².